The quantitative estimate of drug-likeness (QED) is 0.692. The predicted octanol–water partition coefficient (Wildman–Crippen LogP) is 1.59. The van der Waals surface area contributed by atoms with Gasteiger partial charge in [-0.25, -0.2) is 0 Å². The molecule has 1 heterocycles. The molecule has 1 unspecified atom stereocenters. The third-order valence-corrected chi connectivity index (χ3v) is 4.27. The number of hydrogen-bond donors (Lipinski definition) is 1. The minimum Gasteiger partial charge on any atom is -0.383 e. The van der Waals surface area contributed by atoms with Gasteiger partial charge in [0.15, 0.2) is 0 Å². The molecule has 6 heteroatoms. The van der Waals surface area contributed by atoms with E-state index in [1.165, 1.54) is 0 Å². The van der Waals surface area contributed by atoms with E-state index in [0.717, 1.165) is 42.6 Å². The zero-order valence-electron chi connectivity index (χ0n) is 11.7. The lowest BCUT2D eigenvalue weighted by atomic mass is 10.1. The van der Waals surface area contributed by atoms with E-state index in [4.69, 9.17) is 9.47 Å². The average molecular weight is 273 g/mol. The Balaban J connectivity index is 2.43. The zero-order valence-corrected chi connectivity index (χ0v) is 12.5. The van der Waals surface area contributed by atoms with Crippen molar-refractivity contribution < 1.29 is 9.47 Å². The molecule has 0 saturated heterocycles. The van der Waals surface area contributed by atoms with Crippen molar-refractivity contribution in [2.45, 2.75) is 32.3 Å². The van der Waals surface area contributed by atoms with Crippen LogP contribution in [0.25, 0.3) is 0 Å². The Labute approximate surface area is 113 Å². The summed E-state index contributed by atoms with van der Waals surface area (Å²) in [5.41, 5.74) is -0.306. The van der Waals surface area contributed by atoms with Crippen LogP contribution >= 0.6 is 11.3 Å². The van der Waals surface area contributed by atoms with Gasteiger partial charge in [-0.15, -0.1) is 10.2 Å². The average Bonchev–Trinajstić information content (AvgIpc) is 2.87. The first-order valence-electron chi connectivity index (χ1n) is 6.24. The summed E-state index contributed by atoms with van der Waals surface area (Å²) < 4.78 is 10.5. The fourth-order valence-corrected chi connectivity index (χ4v) is 2.48. The van der Waals surface area contributed by atoms with Crippen LogP contribution < -0.4 is 5.32 Å². The standard InChI is InChI=1S/C12H23N3O2S/c1-5-12(2,17-4)11-15-14-10(18-11)6-7-13-8-9-16-3/h13H,5-9H2,1-4H3. The lowest BCUT2D eigenvalue weighted by Crippen LogP contribution is -2.22. The smallest absolute Gasteiger partial charge is 0.149 e. The van der Waals surface area contributed by atoms with Crippen molar-refractivity contribution in [3.05, 3.63) is 10.0 Å². The monoisotopic (exact) mass is 273 g/mol. The Kier molecular flexibility index (Phi) is 6.70. The van der Waals surface area contributed by atoms with Gasteiger partial charge in [0.2, 0.25) is 0 Å². The normalized spacial score (nSPS) is 14.7. The van der Waals surface area contributed by atoms with Gasteiger partial charge in [0, 0.05) is 33.7 Å². The van der Waals surface area contributed by atoms with Crippen LogP contribution in [0, 0.1) is 0 Å². The van der Waals surface area contributed by atoms with Crippen LogP contribution in [0.4, 0.5) is 0 Å². The summed E-state index contributed by atoms with van der Waals surface area (Å²) in [6.45, 7) is 6.64. The van der Waals surface area contributed by atoms with Gasteiger partial charge in [0.05, 0.1) is 6.61 Å². The molecule has 0 aliphatic heterocycles. The minimum atomic E-state index is -0.306. The van der Waals surface area contributed by atoms with Crippen molar-refractivity contribution >= 4 is 11.3 Å². The van der Waals surface area contributed by atoms with Crippen LogP contribution in [0.1, 0.15) is 30.3 Å². The van der Waals surface area contributed by atoms with E-state index in [9.17, 15) is 0 Å². The molecule has 104 valence electrons. The SMILES string of the molecule is CCC(C)(OC)c1nnc(CCNCCOC)s1. The van der Waals surface area contributed by atoms with Gasteiger partial charge in [0.1, 0.15) is 15.6 Å². The van der Waals surface area contributed by atoms with E-state index in [0.29, 0.717) is 0 Å². The molecule has 0 radical (unpaired) electrons. The number of rotatable bonds is 9. The lowest BCUT2D eigenvalue weighted by molar-refractivity contribution is -0.00207. The molecule has 0 aliphatic rings. The van der Waals surface area contributed by atoms with Crippen LogP contribution in [-0.2, 0) is 21.5 Å². The van der Waals surface area contributed by atoms with Crippen LogP contribution in [0.3, 0.4) is 0 Å². The maximum atomic E-state index is 5.52. The Morgan fingerprint density at radius 3 is 2.67 bits per heavy atom. The molecule has 1 rings (SSSR count). The van der Waals surface area contributed by atoms with E-state index in [1.807, 2.05) is 6.92 Å². The highest BCUT2D eigenvalue weighted by Gasteiger charge is 2.28. The number of methoxy groups -OCH3 is 2. The van der Waals surface area contributed by atoms with Crippen LogP contribution in [0.15, 0.2) is 0 Å². The van der Waals surface area contributed by atoms with Crippen LogP contribution in [-0.4, -0.2) is 44.1 Å². The lowest BCUT2D eigenvalue weighted by Gasteiger charge is -2.22. The minimum absolute atomic E-state index is 0.306. The van der Waals surface area contributed by atoms with Crippen molar-refractivity contribution in [2.24, 2.45) is 0 Å². The summed E-state index contributed by atoms with van der Waals surface area (Å²) in [5, 5.41) is 13.7. The molecule has 0 spiro atoms. The Bertz CT molecular complexity index is 340. The molecule has 1 aromatic rings. The number of nitrogens with one attached hydrogen (secondary N) is 1. The molecule has 5 nitrogen and oxygen atoms in total. The summed E-state index contributed by atoms with van der Waals surface area (Å²) >= 11 is 1.63. The van der Waals surface area contributed by atoms with E-state index < -0.39 is 0 Å². The predicted molar refractivity (Wildman–Crippen MR) is 73.0 cm³/mol. The molecule has 1 aromatic heterocycles. The number of hydrogen-bond acceptors (Lipinski definition) is 6. The molecule has 1 N–H and O–H groups in total. The highest BCUT2D eigenvalue weighted by Crippen LogP contribution is 2.30. The van der Waals surface area contributed by atoms with Crippen molar-refractivity contribution in [1.29, 1.82) is 0 Å². The topological polar surface area (TPSA) is 56.3 Å². The molecular formula is C12H23N3O2S. The summed E-state index contributed by atoms with van der Waals surface area (Å²) in [4.78, 5) is 0. The molecule has 0 amide bonds. The van der Waals surface area contributed by atoms with Gasteiger partial charge in [-0.3, -0.25) is 0 Å². The second-order valence-electron chi connectivity index (χ2n) is 4.28. The van der Waals surface area contributed by atoms with Gasteiger partial charge in [-0.05, 0) is 13.3 Å². The Hall–Kier alpha value is -0.560. The Morgan fingerprint density at radius 2 is 2.06 bits per heavy atom. The fraction of sp³-hybridized carbons (Fsp3) is 0.833. The van der Waals surface area contributed by atoms with Crippen LogP contribution in [0.5, 0.6) is 0 Å². The molecule has 0 fully saturated rings. The summed E-state index contributed by atoms with van der Waals surface area (Å²) in [6, 6.07) is 0. The van der Waals surface area contributed by atoms with Crippen molar-refractivity contribution in [2.75, 3.05) is 33.9 Å². The third kappa shape index (κ3) is 4.28. The molecule has 0 bridgehead atoms. The van der Waals surface area contributed by atoms with Crippen molar-refractivity contribution in [3.8, 4) is 0 Å². The molecule has 0 saturated carbocycles. The summed E-state index contributed by atoms with van der Waals surface area (Å²) in [6.07, 6.45) is 1.79. The van der Waals surface area contributed by atoms with E-state index in [-0.39, 0.29) is 5.60 Å². The molecule has 18 heavy (non-hydrogen) atoms. The van der Waals surface area contributed by atoms with Gasteiger partial charge >= 0.3 is 0 Å². The maximum absolute atomic E-state index is 5.52. The van der Waals surface area contributed by atoms with E-state index >= 15 is 0 Å². The highest BCUT2D eigenvalue weighted by atomic mass is 32.1. The highest BCUT2D eigenvalue weighted by molar-refractivity contribution is 7.11. The molecule has 0 aliphatic carbocycles. The third-order valence-electron chi connectivity index (χ3n) is 3.04. The van der Waals surface area contributed by atoms with Gasteiger partial charge < -0.3 is 14.8 Å². The maximum Gasteiger partial charge on any atom is 0.149 e. The molecule has 0 aromatic carbocycles. The summed E-state index contributed by atoms with van der Waals surface area (Å²) in [5.74, 6) is 0. The first kappa shape index (κ1) is 15.5. The second kappa shape index (κ2) is 7.78. The second-order valence-corrected chi connectivity index (χ2v) is 5.34. The van der Waals surface area contributed by atoms with Crippen molar-refractivity contribution in [3.63, 3.8) is 0 Å². The largest absolute Gasteiger partial charge is 0.383 e. The van der Waals surface area contributed by atoms with Gasteiger partial charge in [-0.1, -0.05) is 18.3 Å². The number of nitrogens with zero attached hydrogens (tertiary/aromatic N) is 2. The van der Waals surface area contributed by atoms with Crippen LogP contribution in [0.2, 0.25) is 0 Å². The zero-order chi connectivity index (χ0) is 13.4. The van der Waals surface area contributed by atoms with Gasteiger partial charge in [0.25, 0.3) is 0 Å². The van der Waals surface area contributed by atoms with Crippen molar-refractivity contribution in [1.82, 2.24) is 15.5 Å². The van der Waals surface area contributed by atoms with E-state index in [2.05, 4.69) is 22.4 Å². The first-order valence-corrected chi connectivity index (χ1v) is 7.05. The summed E-state index contributed by atoms with van der Waals surface area (Å²) in [7, 11) is 3.42. The first-order chi connectivity index (χ1) is 8.66. The molecular weight excluding hydrogens is 250 g/mol. The van der Waals surface area contributed by atoms with Gasteiger partial charge in [-0.2, -0.15) is 0 Å². The number of aromatic nitrogens is 2. The van der Waals surface area contributed by atoms with E-state index in [1.54, 1.807) is 25.6 Å². The molecule has 1 atom stereocenters. The number of ether oxygens (including phenoxy) is 2. The fourth-order valence-electron chi connectivity index (χ4n) is 1.45. The Morgan fingerprint density at radius 1 is 1.28 bits per heavy atom.